The fourth-order valence-electron chi connectivity index (χ4n) is 4.81. The van der Waals surface area contributed by atoms with Crippen LogP contribution in [0.5, 0.6) is 0 Å². The van der Waals surface area contributed by atoms with Crippen LogP contribution in [0.4, 0.5) is 0 Å². The van der Waals surface area contributed by atoms with Gasteiger partial charge < -0.3 is 9.80 Å². The minimum atomic E-state index is -0.0223. The Balaban J connectivity index is 1.62. The highest BCUT2D eigenvalue weighted by Crippen LogP contribution is 2.30. The van der Waals surface area contributed by atoms with Gasteiger partial charge in [0.1, 0.15) is 5.69 Å². The van der Waals surface area contributed by atoms with Crippen molar-refractivity contribution in [2.75, 3.05) is 26.2 Å². The highest BCUT2D eigenvalue weighted by atomic mass is 16.2. The van der Waals surface area contributed by atoms with Gasteiger partial charge in [-0.15, -0.1) is 0 Å². The number of aryl methyl sites for hydroxylation is 2. The third kappa shape index (κ3) is 4.76. The summed E-state index contributed by atoms with van der Waals surface area (Å²) in [6, 6.07) is 16.1. The van der Waals surface area contributed by atoms with Crippen LogP contribution >= 0.6 is 0 Å². The van der Waals surface area contributed by atoms with Crippen molar-refractivity contribution in [1.29, 1.82) is 0 Å². The Morgan fingerprint density at radius 2 is 1.68 bits per heavy atom. The van der Waals surface area contributed by atoms with E-state index < -0.39 is 0 Å². The van der Waals surface area contributed by atoms with Gasteiger partial charge in [-0.05, 0) is 58.2 Å². The van der Waals surface area contributed by atoms with Crippen LogP contribution < -0.4 is 0 Å². The molecule has 2 aromatic carbocycles. The average Bonchev–Trinajstić information content (AvgIpc) is 3.30. The van der Waals surface area contributed by atoms with Gasteiger partial charge in [0.15, 0.2) is 0 Å². The van der Waals surface area contributed by atoms with Crippen molar-refractivity contribution in [1.82, 2.24) is 19.6 Å². The van der Waals surface area contributed by atoms with Crippen molar-refractivity contribution in [3.8, 4) is 16.9 Å². The minimum absolute atomic E-state index is 0.00481. The molecule has 2 amide bonds. The Morgan fingerprint density at radius 3 is 2.29 bits per heavy atom. The molecule has 0 spiro atoms. The first-order valence-corrected chi connectivity index (χ1v) is 12.2. The molecule has 0 atom stereocenters. The Hall–Kier alpha value is -3.41. The molecule has 0 saturated carbocycles. The topological polar surface area (TPSA) is 58.4 Å². The monoisotopic (exact) mass is 458 g/mol. The van der Waals surface area contributed by atoms with Crippen molar-refractivity contribution in [3.63, 3.8) is 0 Å². The van der Waals surface area contributed by atoms with E-state index in [-0.39, 0.29) is 17.7 Å². The molecule has 178 valence electrons. The number of rotatable bonds is 6. The summed E-state index contributed by atoms with van der Waals surface area (Å²) in [5.74, 6) is 0.186. The number of carbonyl (C=O) groups excluding carboxylic acids is 2. The smallest absolute Gasteiger partial charge is 0.257 e. The summed E-state index contributed by atoms with van der Waals surface area (Å²) >= 11 is 0. The zero-order valence-corrected chi connectivity index (χ0v) is 20.6. The van der Waals surface area contributed by atoms with Crippen molar-refractivity contribution in [3.05, 3.63) is 71.4 Å². The lowest BCUT2D eigenvalue weighted by molar-refractivity contribution is -0.136. The lowest BCUT2D eigenvalue weighted by Crippen LogP contribution is -2.44. The molecule has 4 rings (SSSR count). The average molecular weight is 459 g/mol. The summed E-state index contributed by atoms with van der Waals surface area (Å²) in [6.45, 7) is 10.8. The maximum Gasteiger partial charge on any atom is 0.257 e. The molecule has 2 heterocycles. The third-order valence-corrected chi connectivity index (χ3v) is 6.81. The Kier molecular flexibility index (Phi) is 7.15. The Labute approximate surface area is 202 Å². The number of likely N-dealkylation sites (tertiary alicyclic amines) is 1. The van der Waals surface area contributed by atoms with Crippen molar-refractivity contribution in [2.45, 2.75) is 40.5 Å². The largest absolute Gasteiger partial charge is 0.343 e. The molecular weight excluding hydrogens is 424 g/mol. The highest BCUT2D eigenvalue weighted by Gasteiger charge is 2.31. The zero-order chi connectivity index (χ0) is 24.2. The van der Waals surface area contributed by atoms with Crippen LogP contribution in [-0.2, 0) is 4.79 Å². The standard InChI is InChI=1S/C28H34N4O2/c1-5-30(6-2)27(33)22-14-16-31(17-15-22)28(34)25-19-32(23-10-8-7-9-11-23)29-26(25)24-13-12-20(3)18-21(24)4/h7-13,18-19,22H,5-6,14-17H2,1-4H3. The molecule has 1 fully saturated rings. The van der Waals surface area contributed by atoms with Gasteiger partial charge in [-0.3, -0.25) is 9.59 Å². The van der Waals surface area contributed by atoms with E-state index in [1.807, 2.05) is 66.2 Å². The third-order valence-electron chi connectivity index (χ3n) is 6.81. The fraction of sp³-hybridized carbons (Fsp3) is 0.393. The minimum Gasteiger partial charge on any atom is -0.343 e. The fourth-order valence-corrected chi connectivity index (χ4v) is 4.81. The molecule has 3 aromatic rings. The van der Waals surface area contributed by atoms with Crippen LogP contribution in [-0.4, -0.2) is 57.6 Å². The second-order valence-corrected chi connectivity index (χ2v) is 9.07. The van der Waals surface area contributed by atoms with Gasteiger partial charge in [0.2, 0.25) is 5.91 Å². The molecule has 1 aromatic heterocycles. The van der Waals surface area contributed by atoms with Crippen LogP contribution in [0.25, 0.3) is 16.9 Å². The predicted molar refractivity (Wildman–Crippen MR) is 135 cm³/mol. The SMILES string of the molecule is CCN(CC)C(=O)C1CCN(C(=O)c2cn(-c3ccccc3)nc2-c2ccc(C)cc2C)CC1. The lowest BCUT2D eigenvalue weighted by atomic mass is 9.94. The van der Waals surface area contributed by atoms with Crippen LogP contribution in [0.3, 0.4) is 0 Å². The van der Waals surface area contributed by atoms with E-state index in [1.54, 1.807) is 4.68 Å². The molecule has 0 bridgehead atoms. The zero-order valence-electron chi connectivity index (χ0n) is 20.6. The molecule has 6 heteroatoms. The summed E-state index contributed by atoms with van der Waals surface area (Å²) in [5, 5.41) is 4.85. The van der Waals surface area contributed by atoms with Crippen LogP contribution in [0, 0.1) is 19.8 Å². The van der Waals surface area contributed by atoms with Crippen molar-refractivity contribution in [2.24, 2.45) is 5.92 Å². The van der Waals surface area contributed by atoms with E-state index in [0.717, 1.165) is 29.9 Å². The number of hydrogen-bond donors (Lipinski definition) is 0. The molecule has 34 heavy (non-hydrogen) atoms. The van der Waals surface area contributed by atoms with Gasteiger partial charge in [-0.1, -0.05) is 42.0 Å². The van der Waals surface area contributed by atoms with Gasteiger partial charge in [0, 0.05) is 43.9 Å². The lowest BCUT2D eigenvalue weighted by Gasteiger charge is -2.33. The summed E-state index contributed by atoms with van der Waals surface area (Å²) in [4.78, 5) is 30.3. The van der Waals surface area contributed by atoms with Crippen LogP contribution in [0.15, 0.2) is 54.7 Å². The molecule has 0 aliphatic carbocycles. The van der Waals surface area contributed by atoms with Crippen molar-refractivity contribution < 1.29 is 9.59 Å². The Morgan fingerprint density at radius 1 is 1.00 bits per heavy atom. The molecular formula is C28H34N4O2. The van der Waals surface area contributed by atoms with Gasteiger partial charge in [0.25, 0.3) is 5.91 Å². The van der Waals surface area contributed by atoms with Gasteiger partial charge in [-0.25, -0.2) is 4.68 Å². The van der Waals surface area contributed by atoms with E-state index in [1.165, 1.54) is 5.56 Å². The number of para-hydroxylation sites is 1. The molecule has 1 saturated heterocycles. The van der Waals surface area contributed by atoms with Crippen molar-refractivity contribution >= 4 is 11.8 Å². The molecule has 1 aliphatic rings. The highest BCUT2D eigenvalue weighted by molar-refractivity contribution is 6.00. The first-order chi connectivity index (χ1) is 16.4. The maximum absolute atomic E-state index is 13.7. The summed E-state index contributed by atoms with van der Waals surface area (Å²) in [7, 11) is 0. The summed E-state index contributed by atoms with van der Waals surface area (Å²) < 4.78 is 1.79. The number of piperidine rings is 1. The number of hydrogen-bond acceptors (Lipinski definition) is 3. The first kappa shape index (κ1) is 23.7. The first-order valence-electron chi connectivity index (χ1n) is 12.2. The van der Waals surface area contributed by atoms with E-state index in [9.17, 15) is 9.59 Å². The molecule has 0 unspecified atom stereocenters. The number of benzene rings is 2. The van der Waals surface area contributed by atoms with Gasteiger partial charge >= 0.3 is 0 Å². The number of nitrogens with zero attached hydrogens (tertiary/aromatic N) is 4. The quantitative estimate of drug-likeness (QED) is 0.529. The van der Waals surface area contributed by atoms with Gasteiger partial charge in [0.05, 0.1) is 11.3 Å². The second kappa shape index (κ2) is 10.2. The normalized spacial score (nSPS) is 14.3. The number of amides is 2. The van der Waals surface area contributed by atoms with Crippen LogP contribution in [0.1, 0.15) is 48.2 Å². The Bertz CT molecular complexity index is 1160. The van der Waals surface area contributed by atoms with E-state index >= 15 is 0 Å². The molecule has 6 nitrogen and oxygen atoms in total. The van der Waals surface area contributed by atoms with E-state index in [2.05, 4.69) is 26.0 Å². The summed E-state index contributed by atoms with van der Waals surface area (Å²) in [6.07, 6.45) is 3.25. The second-order valence-electron chi connectivity index (χ2n) is 9.07. The van der Waals surface area contributed by atoms with Crippen LogP contribution in [0.2, 0.25) is 0 Å². The summed E-state index contributed by atoms with van der Waals surface area (Å²) in [5.41, 5.74) is 5.45. The predicted octanol–water partition coefficient (Wildman–Crippen LogP) is 4.88. The number of aromatic nitrogens is 2. The molecule has 1 aliphatic heterocycles. The number of carbonyl (C=O) groups is 2. The van der Waals surface area contributed by atoms with Gasteiger partial charge in [-0.2, -0.15) is 5.10 Å². The molecule has 0 N–H and O–H groups in total. The molecule has 0 radical (unpaired) electrons. The van der Waals surface area contributed by atoms with E-state index in [4.69, 9.17) is 5.10 Å². The van der Waals surface area contributed by atoms with E-state index in [0.29, 0.717) is 37.2 Å². The maximum atomic E-state index is 13.7.